The van der Waals surface area contributed by atoms with Gasteiger partial charge in [-0.1, -0.05) is 29.8 Å². The van der Waals surface area contributed by atoms with E-state index in [1.165, 1.54) is 11.8 Å². The fourth-order valence-electron chi connectivity index (χ4n) is 3.54. The van der Waals surface area contributed by atoms with Crippen LogP contribution in [-0.4, -0.2) is 28.6 Å². The number of imidazole rings is 1. The average molecular weight is 418 g/mol. The number of benzene rings is 2. The first-order chi connectivity index (χ1) is 15.2. The fourth-order valence-corrected chi connectivity index (χ4v) is 3.54. The highest BCUT2D eigenvalue weighted by Gasteiger charge is 2.12. The van der Waals surface area contributed by atoms with Crippen molar-refractivity contribution in [2.24, 2.45) is 0 Å². The molecule has 0 aliphatic heterocycles. The number of amides is 1. The van der Waals surface area contributed by atoms with Crippen LogP contribution in [0.25, 0.3) is 11.0 Å². The lowest BCUT2D eigenvalue weighted by atomic mass is 10.2. The number of rotatable bonds is 10. The molecule has 0 saturated heterocycles. The molecule has 1 N–H and O–H groups in total. The van der Waals surface area contributed by atoms with E-state index >= 15 is 0 Å². The quantitative estimate of drug-likeness (QED) is 0.378. The summed E-state index contributed by atoms with van der Waals surface area (Å²) in [7, 11) is 0. The third-order valence-electron chi connectivity index (χ3n) is 5.18. The number of furan rings is 1. The van der Waals surface area contributed by atoms with Gasteiger partial charge in [0, 0.05) is 19.5 Å². The number of fused-ring (bicyclic) bond motifs is 1. The Morgan fingerprint density at radius 2 is 1.90 bits per heavy atom. The number of nitrogens with zero attached hydrogens (tertiary/aromatic N) is 2. The Hall–Kier alpha value is -3.54. The summed E-state index contributed by atoms with van der Waals surface area (Å²) in [5.74, 6) is 2.00. The number of para-hydroxylation sites is 2. The third kappa shape index (κ3) is 5.34. The molecule has 0 unspecified atom stereocenters. The van der Waals surface area contributed by atoms with Gasteiger partial charge in [-0.2, -0.15) is 0 Å². The van der Waals surface area contributed by atoms with Crippen molar-refractivity contribution in [2.45, 2.75) is 32.7 Å². The molecule has 0 bridgehead atoms. The van der Waals surface area contributed by atoms with Crippen molar-refractivity contribution in [3.8, 4) is 5.75 Å². The van der Waals surface area contributed by atoms with Crippen molar-refractivity contribution in [2.75, 3.05) is 13.2 Å². The van der Waals surface area contributed by atoms with Crippen molar-refractivity contribution >= 4 is 16.9 Å². The molecule has 6 heteroatoms. The van der Waals surface area contributed by atoms with Crippen molar-refractivity contribution < 1.29 is 13.9 Å². The van der Waals surface area contributed by atoms with Gasteiger partial charge in [-0.3, -0.25) is 4.79 Å². The van der Waals surface area contributed by atoms with E-state index in [1.807, 2.05) is 30.3 Å². The molecular formula is C25H27N3O3. The summed E-state index contributed by atoms with van der Waals surface area (Å²) >= 11 is 0. The Kier molecular flexibility index (Phi) is 6.67. The van der Waals surface area contributed by atoms with E-state index in [0.29, 0.717) is 25.3 Å². The minimum absolute atomic E-state index is 0.207. The van der Waals surface area contributed by atoms with Gasteiger partial charge in [0.25, 0.3) is 5.91 Å². The van der Waals surface area contributed by atoms with Crippen LogP contribution < -0.4 is 10.1 Å². The molecule has 0 aliphatic rings. The van der Waals surface area contributed by atoms with Gasteiger partial charge in [0.15, 0.2) is 5.76 Å². The molecular weight excluding hydrogens is 390 g/mol. The summed E-state index contributed by atoms with van der Waals surface area (Å²) < 4.78 is 13.2. The number of ether oxygens (including phenoxy) is 1. The fraction of sp³-hybridized carbons (Fsp3) is 0.280. The second-order valence-corrected chi connectivity index (χ2v) is 7.52. The van der Waals surface area contributed by atoms with Gasteiger partial charge in [-0.25, -0.2) is 4.98 Å². The van der Waals surface area contributed by atoms with Crippen LogP contribution in [0.15, 0.2) is 71.3 Å². The Morgan fingerprint density at radius 1 is 1.06 bits per heavy atom. The summed E-state index contributed by atoms with van der Waals surface area (Å²) in [6.07, 6.45) is 4.09. The number of unbranched alkanes of at least 4 members (excludes halogenated alkanes) is 1. The minimum Gasteiger partial charge on any atom is -0.494 e. The lowest BCUT2D eigenvalue weighted by molar-refractivity contribution is 0.0926. The van der Waals surface area contributed by atoms with Crippen LogP contribution in [0.5, 0.6) is 5.75 Å². The van der Waals surface area contributed by atoms with E-state index < -0.39 is 0 Å². The second-order valence-electron chi connectivity index (χ2n) is 7.52. The molecule has 6 nitrogen and oxygen atoms in total. The first kappa shape index (κ1) is 20.7. The van der Waals surface area contributed by atoms with Crippen LogP contribution in [0.1, 0.15) is 34.8 Å². The lowest BCUT2D eigenvalue weighted by Gasteiger charge is -2.11. The standard InChI is InChI=1S/C25H27N3O3/c1-19-10-12-20(13-11-19)30-17-5-4-16-28-22-8-3-2-7-21(22)27-24(28)14-15-26-25(29)23-9-6-18-31-23/h2-3,6-13,18H,4-5,14-17H2,1H3,(H,26,29). The van der Waals surface area contributed by atoms with Crippen LogP contribution in [-0.2, 0) is 13.0 Å². The molecule has 2 heterocycles. The average Bonchev–Trinajstić information content (AvgIpc) is 3.43. The van der Waals surface area contributed by atoms with Gasteiger partial charge >= 0.3 is 0 Å². The maximum atomic E-state index is 12.1. The number of carbonyl (C=O) groups excluding carboxylic acids is 1. The van der Waals surface area contributed by atoms with Gasteiger partial charge < -0.3 is 19.0 Å². The summed E-state index contributed by atoms with van der Waals surface area (Å²) in [6.45, 7) is 4.11. The van der Waals surface area contributed by atoms with E-state index in [1.54, 1.807) is 12.1 Å². The molecule has 4 aromatic rings. The Bertz CT molecular complexity index is 1110. The van der Waals surface area contributed by atoms with Crippen molar-refractivity contribution in [3.05, 3.63) is 84.1 Å². The van der Waals surface area contributed by atoms with Crippen LogP contribution >= 0.6 is 0 Å². The molecule has 0 radical (unpaired) electrons. The third-order valence-corrected chi connectivity index (χ3v) is 5.18. The maximum Gasteiger partial charge on any atom is 0.286 e. The zero-order chi connectivity index (χ0) is 21.5. The zero-order valence-electron chi connectivity index (χ0n) is 17.7. The number of carbonyl (C=O) groups is 1. The number of hydrogen-bond donors (Lipinski definition) is 1. The maximum absolute atomic E-state index is 12.1. The molecule has 31 heavy (non-hydrogen) atoms. The molecule has 1 amide bonds. The van der Waals surface area contributed by atoms with E-state index in [-0.39, 0.29) is 5.91 Å². The monoisotopic (exact) mass is 417 g/mol. The molecule has 0 spiro atoms. The minimum atomic E-state index is -0.207. The largest absolute Gasteiger partial charge is 0.494 e. The van der Waals surface area contributed by atoms with Crippen molar-refractivity contribution in [1.82, 2.24) is 14.9 Å². The summed E-state index contributed by atoms with van der Waals surface area (Å²) in [4.78, 5) is 16.9. The molecule has 0 saturated carbocycles. The predicted octanol–water partition coefficient (Wildman–Crippen LogP) is 4.77. The number of aryl methyl sites for hydroxylation is 2. The number of hydrogen-bond acceptors (Lipinski definition) is 4. The van der Waals surface area contributed by atoms with Gasteiger partial charge in [0.1, 0.15) is 11.6 Å². The predicted molar refractivity (Wildman–Crippen MR) is 120 cm³/mol. The van der Waals surface area contributed by atoms with Crippen LogP contribution in [0.4, 0.5) is 0 Å². The summed E-state index contributed by atoms with van der Waals surface area (Å²) in [5.41, 5.74) is 3.33. The molecule has 0 aliphatic carbocycles. The molecule has 2 aromatic carbocycles. The SMILES string of the molecule is Cc1ccc(OCCCCn2c(CCNC(=O)c3ccco3)nc3ccccc32)cc1. The lowest BCUT2D eigenvalue weighted by Crippen LogP contribution is -2.26. The Morgan fingerprint density at radius 3 is 2.71 bits per heavy atom. The Balaban J connectivity index is 1.32. The first-order valence-corrected chi connectivity index (χ1v) is 10.7. The molecule has 0 fully saturated rings. The Labute approximate surface area is 181 Å². The second kappa shape index (κ2) is 9.98. The normalized spacial score (nSPS) is 11.0. The molecule has 2 aromatic heterocycles. The van der Waals surface area contributed by atoms with E-state index in [4.69, 9.17) is 14.1 Å². The summed E-state index contributed by atoms with van der Waals surface area (Å²) in [6, 6.07) is 19.6. The van der Waals surface area contributed by atoms with Crippen molar-refractivity contribution in [1.29, 1.82) is 0 Å². The molecule has 4 rings (SSSR count). The van der Waals surface area contributed by atoms with Gasteiger partial charge in [-0.05, 0) is 56.2 Å². The highest BCUT2D eigenvalue weighted by Crippen LogP contribution is 2.18. The van der Waals surface area contributed by atoms with Crippen LogP contribution in [0.3, 0.4) is 0 Å². The van der Waals surface area contributed by atoms with Crippen LogP contribution in [0, 0.1) is 6.92 Å². The smallest absolute Gasteiger partial charge is 0.286 e. The van der Waals surface area contributed by atoms with E-state index in [0.717, 1.165) is 42.0 Å². The molecule has 0 atom stereocenters. The zero-order valence-corrected chi connectivity index (χ0v) is 17.7. The first-order valence-electron chi connectivity index (χ1n) is 10.7. The summed E-state index contributed by atoms with van der Waals surface area (Å²) in [5, 5.41) is 2.90. The number of nitrogens with one attached hydrogen (secondary N) is 1. The van der Waals surface area contributed by atoms with Crippen molar-refractivity contribution in [3.63, 3.8) is 0 Å². The van der Waals surface area contributed by atoms with Gasteiger partial charge in [0.2, 0.25) is 0 Å². The molecule has 160 valence electrons. The van der Waals surface area contributed by atoms with E-state index in [2.05, 4.69) is 35.0 Å². The highest BCUT2D eigenvalue weighted by molar-refractivity contribution is 5.91. The van der Waals surface area contributed by atoms with E-state index in [9.17, 15) is 4.79 Å². The van der Waals surface area contributed by atoms with Crippen LogP contribution in [0.2, 0.25) is 0 Å². The van der Waals surface area contributed by atoms with Gasteiger partial charge in [-0.15, -0.1) is 0 Å². The topological polar surface area (TPSA) is 69.3 Å². The van der Waals surface area contributed by atoms with Gasteiger partial charge in [0.05, 0.1) is 23.9 Å². The highest BCUT2D eigenvalue weighted by atomic mass is 16.5. The number of aromatic nitrogens is 2.